The van der Waals surface area contributed by atoms with Gasteiger partial charge in [-0.2, -0.15) is 0 Å². The van der Waals surface area contributed by atoms with Crippen molar-refractivity contribution in [2.24, 2.45) is 0 Å². The number of carbonyl (C=O) groups excluding carboxylic acids is 2. The number of aromatic nitrogens is 2. The molecule has 1 heterocycles. The average Bonchev–Trinajstić information content (AvgIpc) is 3.07. The number of anilines is 2. The Bertz CT molecular complexity index is 721. The Morgan fingerprint density at radius 2 is 2.04 bits per heavy atom. The van der Waals surface area contributed by atoms with E-state index in [0.29, 0.717) is 15.6 Å². The zero-order valence-electron chi connectivity index (χ0n) is 14.1. The minimum Gasteiger partial charge on any atom is -0.462 e. The Morgan fingerprint density at radius 3 is 2.80 bits per heavy atom. The minimum absolute atomic E-state index is 0.180. The van der Waals surface area contributed by atoms with E-state index in [1.807, 2.05) is 0 Å². The van der Waals surface area contributed by atoms with Crippen molar-refractivity contribution >= 4 is 45.8 Å². The second-order valence-electron chi connectivity index (χ2n) is 4.90. The fourth-order valence-corrected chi connectivity index (χ4v) is 3.44. The predicted molar refractivity (Wildman–Crippen MR) is 100 cm³/mol. The molecule has 0 saturated heterocycles. The highest BCUT2D eigenvalue weighted by Crippen LogP contribution is 2.25. The van der Waals surface area contributed by atoms with Gasteiger partial charge in [0.2, 0.25) is 11.0 Å². The summed E-state index contributed by atoms with van der Waals surface area (Å²) in [4.78, 5) is 24.1. The first kappa shape index (κ1) is 19.2. The van der Waals surface area contributed by atoms with Crippen molar-refractivity contribution in [1.29, 1.82) is 0 Å². The van der Waals surface area contributed by atoms with Crippen molar-refractivity contribution in [1.82, 2.24) is 10.2 Å². The van der Waals surface area contributed by atoms with Crippen LogP contribution in [-0.2, 0) is 9.53 Å². The van der Waals surface area contributed by atoms with Gasteiger partial charge in [-0.3, -0.25) is 4.79 Å². The second kappa shape index (κ2) is 10.00. The largest absolute Gasteiger partial charge is 0.462 e. The Balaban J connectivity index is 1.90. The Labute approximate surface area is 154 Å². The third-order valence-electron chi connectivity index (χ3n) is 2.96. The molecule has 9 heteroatoms. The number of hydrogen-bond acceptors (Lipinski definition) is 8. The quantitative estimate of drug-likeness (QED) is 0.509. The van der Waals surface area contributed by atoms with E-state index < -0.39 is 5.97 Å². The van der Waals surface area contributed by atoms with Crippen LogP contribution in [0.5, 0.6) is 0 Å². The highest BCUT2D eigenvalue weighted by molar-refractivity contribution is 8.01. The summed E-state index contributed by atoms with van der Waals surface area (Å²) in [6, 6.07) is 6.77. The Kier molecular flexibility index (Phi) is 7.68. The van der Waals surface area contributed by atoms with Gasteiger partial charge in [-0.15, -0.1) is 10.2 Å². The lowest BCUT2D eigenvalue weighted by molar-refractivity contribution is -0.113. The molecule has 2 rings (SSSR count). The van der Waals surface area contributed by atoms with E-state index in [0.717, 1.165) is 18.1 Å². The van der Waals surface area contributed by atoms with Crippen molar-refractivity contribution in [3.8, 4) is 0 Å². The fourth-order valence-electron chi connectivity index (χ4n) is 1.86. The number of rotatable bonds is 9. The molecule has 2 aromatic rings. The summed E-state index contributed by atoms with van der Waals surface area (Å²) in [7, 11) is 0. The van der Waals surface area contributed by atoms with Crippen LogP contribution in [0.4, 0.5) is 10.8 Å². The van der Waals surface area contributed by atoms with Gasteiger partial charge in [0.05, 0.1) is 23.6 Å². The molecule has 0 radical (unpaired) electrons. The van der Waals surface area contributed by atoms with Gasteiger partial charge in [0.15, 0.2) is 4.34 Å². The molecule has 0 aliphatic rings. The second-order valence-corrected chi connectivity index (χ2v) is 7.10. The van der Waals surface area contributed by atoms with E-state index in [-0.39, 0.29) is 18.3 Å². The van der Waals surface area contributed by atoms with Crippen molar-refractivity contribution in [3.05, 3.63) is 29.8 Å². The maximum Gasteiger partial charge on any atom is 0.340 e. The van der Waals surface area contributed by atoms with Gasteiger partial charge >= 0.3 is 5.97 Å². The minimum atomic E-state index is -0.457. The molecule has 0 unspecified atom stereocenters. The van der Waals surface area contributed by atoms with Crippen LogP contribution < -0.4 is 10.6 Å². The number of nitrogens with zero attached hydrogens (tertiary/aromatic N) is 2. The molecule has 0 atom stereocenters. The molecule has 0 aliphatic heterocycles. The van der Waals surface area contributed by atoms with Crippen molar-refractivity contribution < 1.29 is 14.3 Å². The van der Waals surface area contributed by atoms with Crippen LogP contribution in [0.15, 0.2) is 28.6 Å². The normalized spacial score (nSPS) is 10.3. The summed E-state index contributed by atoms with van der Waals surface area (Å²) in [6.07, 6.45) is 1.00. The summed E-state index contributed by atoms with van der Waals surface area (Å²) < 4.78 is 5.71. The van der Waals surface area contributed by atoms with Gasteiger partial charge in [0.25, 0.3) is 0 Å². The van der Waals surface area contributed by atoms with E-state index in [2.05, 4.69) is 27.8 Å². The number of hydrogen-bond donors (Lipinski definition) is 2. The zero-order valence-corrected chi connectivity index (χ0v) is 15.7. The first-order valence-corrected chi connectivity index (χ1v) is 9.70. The number of benzene rings is 1. The number of amides is 1. The van der Waals surface area contributed by atoms with E-state index in [1.54, 1.807) is 31.2 Å². The SMILES string of the molecule is CCCNc1nnc(SCC(=O)Nc2ccccc2C(=O)OCC)s1. The molecule has 25 heavy (non-hydrogen) atoms. The molecule has 2 N–H and O–H groups in total. The average molecular weight is 380 g/mol. The highest BCUT2D eigenvalue weighted by Gasteiger charge is 2.14. The summed E-state index contributed by atoms with van der Waals surface area (Å²) >= 11 is 2.71. The van der Waals surface area contributed by atoms with Crippen LogP contribution in [0.25, 0.3) is 0 Å². The molecular weight excluding hydrogens is 360 g/mol. The van der Waals surface area contributed by atoms with Gasteiger partial charge < -0.3 is 15.4 Å². The lowest BCUT2D eigenvalue weighted by Gasteiger charge is -2.09. The van der Waals surface area contributed by atoms with Crippen LogP contribution in [0.3, 0.4) is 0 Å². The van der Waals surface area contributed by atoms with Crippen LogP contribution in [0.2, 0.25) is 0 Å². The predicted octanol–water partition coefficient (Wildman–Crippen LogP) is 3.27. The maximum atomic E-state index is 12.2. The topological polar surface area (TPSA) is 93.2 Å². The molecular formula is C16H20N4O3S2. The van der Waals surface area contributed by atoms with Crippen molar-refractivity contribution in [2.75, 3.05) is 29.5 Å². The van der Waals surface area contributed by atoms with E-state index >= 15 is 0 Å². The molecule has 1 aromatic heterocycles. The first-order valence-electron chi connectivity index (χ1n) is 7.90. The third kappa shape index (κ3) is 6.02. The van der Waals surface area contributed by atoms with Gasteiger partial charge in [-0.25, -0.2) is 4.79 Å². The van der Waals surface area contributed by atoms with Crippen molar-refractivity contribution in [2.45, 2.75) is 24.6 Å². The molecule has 1 amide bonds. The van der Waals surface area contributed by atoms with E-state index in [4.69, 9.17) is 4.74 Å². The standard InChI is InChI=1S/C16H20N4O3S2/c1-3-9-17-15-19-20-16(25-15)24-10-13(21)18-12-8-6-5-7-11(12)14(22)23-4-2/h5-8H,3-4,9-10H2,1-2H3,(H,17,19)(H,18,21). The molecule has 0 saturated carbocycles. The molecule has 7 nitrogen and oxygen atoms in total. The van der Waals surface area contributed by atoms with Gasteiger partial charge in [-0.05, 0) is 25.5 Å². The summed E-state index contributed by atoms with van der Waals surface area (Å²) in [5, 5.41) is 14.7. The maximum absolute atomic E-state index is 12.2. The van der Waals surface area contributed by atoms with E-state index in [1.165, 1.54) is 23.1 Å². The third-order valence-corrected chi connectivity index (χ3v) is 4.97. The van der Waals surface area contributed by atoms with E-state index in [9.17, 15) is 9.59 Å². The molecule has 0 bridgehead atoms. The number of para-hydroxylation sites is 1. The smallest absolute Gasteiger partial charge is 0.340 e. The first-order chi connectivity index (χ1) is 12.1. The molecule has 1 aromatic carbocycles. The van der Waals surface area contributed by atoms with Gasteiger partial charge in [0, 0.05) is 6.54 Å². The highest BCUT2D eigenvalue weighted by atomic mass is 32.2. The number of thioether (sulfide) groups is 1. The lowest BCUT2D eigenvalue weighted by atomic mass is 10.2. The number of esters is 1. The number of carbonyl (C=O) groups is 2. The van der Waals surface area contributed by atoms with Crippen LogP contribution in [0.1, 0.15) is 30.6 Å². The Hall–Kier alpha value is -2.13. The van der Waals surface area contributed by atoms with Crippen LogP contribution >= 0.6 is 23.1 Å². The lowest BCUT2D eigenvalue weighted by Crippen LogP contribution is -2.17. The van der Waals surface area contributed by atoms with Crippen LogP contribution in [0, 0.1) is 0 Å². The number of ether oxygens (including phenoxy) is 1. The summed E-state index contributed by atoms with van der Waals surface area (Å²) in [6.45, 7) is 4.93. The molecule has 134 valence electrons. The molecule has 0 fully saturated rings. The molecule has 0 spiro atoms. The van der Waals surface area contributed by atoms with Gasteiger partial charge in [0.1, 0.15) is 0 Å². The number of nitrogens with one attached hydrogen (secondary N) is 2. The van der Waals surface area contributed by atoms with Crippen LogP contribution in [-0.4, -0.2) is 41.0 Å². The van der Waals surface area contributed by atoms with Crippen molar-refractivity contribution in [3.63, 3.8) is 0 Å². The molecule has 0 aliphatic carbocycles. The zero-order chi connectivity index (χ0) is 18.1. The van der Waals surface area contributed by atoms with Gasteiger partial charge in [-0.1, -0.05) is 42.2 Å². The Morgan fingerprint density at radius 1 is 1.24 bits per heavy atom. The fraction of sp³-hybridized carbons (Fsp3) is 0.375. The summed E-state index contributed by atoms with van der Waals surface area (Å²) in [5.41, 5.74) is 0.777. The summed E-state index contributed by atoms with van der Waals surface area (Å²) in [5.74, 6) is -0.499. The monoisotopic (exact) mass is 380 g/mol.